The summed E-state index contributed by atoms with van der Waals surface area (Å²) in [5, 5.41) is 6.11. The fourth-order valence-electron chi connectivity index (χ4n) is 3.57. The van der Waals surface area contributed by atoms with Crippen LogP contribution in [0.15, 0.2) is 5.38 Å². The van der Waals surface area contributed by atoms with Crippen molar-refractivity contribution in [3.8, 4) is 0 Å². The van der Waals surface area contributed by atoms with Gasteiger partial charge in [0.25, 0.3) is 0 Å². The fraction of sp³-hybridized carbons (Fsp3) is 0.706. The van der Waals surface area contributed by atoms with E-state index in [9.17, 15) is 9.59 Å². The van der Waals surface area contributed by atoms with Crippen LogP contribution >= 0.6 is 11.3 Å². The van der Waals surface area contributed by atoms with Crippen LogP contribution in [-0.4, -0.2) is 34.3 Å². The second-order valence-electron chi connectivity index (χ2n) is 6.52. The van der Waals surface area contributed by atoms with Crippen molar-refractivity contribution in [2.45, 2.75) is 64.5 Å². The van der Waals surface area contributed by atoms with Crippen LogP contribution in [0.4, 0.5) is 0 Å². The summed E-state index contributed by atoms with van der Waals surface area (Å²) in [6.45, 7) is 3.16. The van der Waals surface area contributed by atoms with Crippen molar-refractivity contribution in [1.82, 2.24) is 15.2 Å². The molecule has 1 saturated carbocycles. The highest BCUT2D eigenvalue weighted by Gasteiger charge is 2.35. The second kappa shape index (κ2) is 7.43. The van der Waals surface area contributed by atoms with Gasteiger partial charge in [-0.1, -0.05) is 19.8 Å². The molecule has 1 aliphatic carbocycles. The van der Waals surface area contributed by atoms with Gasteiger partial charge in [0.05, 0.1) is 23.2 Å². The maximum Gasteiger partial charge on any atom is 0.225 e. The van der Waals surface area contributed by atoms with Crippen LogP contribution in [0.2, 0.25) is 0 Å². The highest BCUT2D eigenvalue weighted by molar-refractivity contribution is 7.09. The monoisotopic (exact) mass is 335 g/mol. The summed E-state index contributed by atoms with van der Waals surface area (Å²) in [4.78, 5) is 31.0. The molecule has 0 radical (unpaired) electrons. The van der Waals surface area contributed by atoms with Crippen molar-refractivity contribution in [2.24, 2.45) is 5.92 Å². The van der Waals surface area contributed by atoms with E-state index in [1.54, 1.807) is 11.3 Å². The van der Waals surface area contributed by atoms with Gasteiger partial charge in [-0.05, 0) is 25.7 Å². The van der Waals surface area contributed by atoms with Crippen molar-refractivity contribution in [1.29, 1.82) is 0 Å². The molecule has 6 heteroatoms. The van der Waals surface area contributed by atoms with Crippen molar-refractivity contribution < 1.29 is 9.59 Å². The number of likely N-dealkylation sites (tertiary alicyclic amines) is 1. The Balaban J connectivity index is 1.53. The van der Waals surface area contributed by atoms with Crippen molar-refractivity contribution >= 4 is 23.2 Å². The highest BCUT2D eigenvalue weighted by Crippen LogP contribution is 2.28. The summed E-state index contributed by atoms with van der Waals surface area (Å²) >= 11 is 1.64. The SMILES string of the molecule is CCc1nc(CNC(=O)[C@@H]2CCC(=O)N(C3CCCC3)C2)cs1. The minimum atomic E-state index is -0.0717. The smallest absolute Gasteiger partial charge is 0.225 e. The first-order valence-corrected chi connectivity index (χ1v) is 9.55. The van der Waals surface area contributed by atoms with Gasteiger partial charge in [-0.15, -0.1) is 11.3 Å². The zero-order chi connectivity index (χ0) is 16.2. The van der Waals surface area contributed by atoms with E-state index in [4.69, 9.17) is 0 Å². The normalized spacial score (nSPS) is 22.6. The Morgan fingerprint density at radius 1 is 1.39 bits per heavy atom. The zero-order valence-corrected chi connectivity index (χ0v) is 14.5. The average Bonchev–Trinajstić information content (AvgIpc) is 3.24. The number of aromatic nitrogens is 1. The summed E-state index contributed by atoms with van der Waals surface area (Å²) in [6, 6.07) is 0.365. The summed E-state index contributed by atoms with van der Waals surface area (Å²) < 4.78 is 0. The van der Waals surface area contributed by atoms with Crippen molar-refractivity contribution in [2.75, 3.05) is 6.54 Å². The van der Waals surface area contributed by atoms with Crippen LogP contribution < -0.4 is 5.32 Å². The number of thiazole rings is 1. The molecule has 126 valence electrons. The molecule has 2 amide bonds. The van der Waals surface area contributed by atoms with Crippen molar-refractivity contribution in [3.63, 3.8) is 0 Å². The Kier molecular flexibility index (Phi) is 5.30. The van der Waals surface area contributed by atoms with E-state index in [1.807, 2.05) is 10.3 Å². The number of amides is 2. The van der Waals surface area contributed by atoms with Crippen LogP contribution in [0.3, 0.4) is 0 Å². The van der Waals surface area contributed by atoms with Crippen molar-refractivity contribution in [3.05, 3.63) is 16.1 Å². The molecule has 1 aliphatic heterocycles. The third-order valence-electron chi connectivity index (χ3n) is 4.93. The van der Waals surface area contributed by atoms with E-state index in [1.165, 1.54) is 12.8 Å². The lowest BCUT2D eigenvalue weighted by Crippen LogP contribution is -2.49. The fourth-order valence-corrected chi connectivity index (χ4v) is 4.31. The van der Waals surface area contributed by atoms with Crippen LogP contribution in [0, 0.1) is 5.92 Å². The van der Waals surface area contributed by atoms with E-state index < -0.39 is 0 Å². The molecule has 23 heavy (non-hydrogen) atoms. The molecule has 2 fully saturated rings. The van der Waals surface area contributed by atoms with Crippen LogP contribution in [0.1, 0.15) is 56.2 Å². The van der Waals surface area contributed by atoms with Gasteiger partial charge in [0.1, 0.15) is 0 Å². The first kappa shape index (κ1) is 16.4. The third-order valence-corrected chi connectivity index (χ3v) is 5.97. The molecule has 0 spiro atoms. The molecule has 5 nitrogen and oxygen atoms in total. The standard InChI is InChI=1S/C17H25N3O2S/c1-2-15-19-13(11-23-15)9-18-17(22)12-7-8-16(21)20(10-12)14-5-3-4-6-14/h11-12,14H,2-10H2,1H3,(H,18,22)/t12-/m1/s1. The second-order valence-corrected chi connectivity index (χ2v) is 7.47. The molecular formula is C17H25N3O2S. The lowest BCUT2D eigenvalue weighted by Gasteiger charge is -2.36. The van der Waals surface area contributed by atoms with Crippen LogP contribution in [0.25, 0.3) is 0 Å². The Bertz CT molecular complexity index is 566. The van der Waals surface area contributed by atoms with E-state index in [0.717, 1.165) is 30.0 Å². The topological polar surface area (TPSA) is 62.3 Å². The zero-order valence-electron chi connectivity index (χ0n) is 13.7. The molecule has 0 bridgehead atoms. The Hall–Kier alpha value is -1.43. The van der Waals surface area contributed by atoms with Gasteiger partial charge >= 0.3 is 0 Å². The molecule has 2 heterocycles. The molecule has 1 saturated heterocycles. The first-order valence-electron chi connectivity index (χ1n) is 8.67. The molecular weight excluding hydrogens is 310 g/mol. The van der Waals surface area contributed by atoms with Crippen LogP contribution in [-0.2, 0) is 22.6 Å². The van der Waals surface area contributed by atoms with E-state index >= 15 is 0 Å². The number of nitrogens with zero attached hydrogens (tertiary/aromatic N) is 2. The number of rotatable bonds is 5. The number of piperidine rings is 1. The minimum Gasteiger partial charge on any atom is -0.350 e. The summed E-state index contributed by atoms with van der Waals surface area (Å²) in [5.41, 5.74) is 0.930. The van der Waals surface area contributed by atoms with Gasteiger partial charge in [-0.25, -0.2) is 4.98 Å². The molecule has 1 N–H and O–H groups in total. The number of nitrogens with one attached hydrogen (secondary N) is 1. The minimum absolute atomic E-state index is 0.0616. The molecule has 1 aromatic rings. The summed E-state index contributed by atoms with van der Waals surface area (Å²) in [5.74, 6) is 0.220. The van der Waals surface area contributed by atoms with Gasteiger partial charge in [0.2, 0.25) is 11.8 Å². The highest BCUT2D eigenvalue weighted by atomic mass is 32.1. The maximum absolute atomic E-state index is 12.4. The Labute approximate surface area is 141 Å². The number of carbonyl (C=O) groups excluding carboxylic acids is 2. The Morgan fingerprint density at radius 3 is 2.87 bits per heavy atom. The molecule has 0 aromatic carbocycles. The lowest BCUT2D eigenvalue weighted by molar-refractivity contribution is -0.140. The lowest BCUT2D eigenvalue weighted by atomic mass is 9.95. The third kappa shape index (κ3) is 3.91. The summed E-state index contributed by atoms with van der Waals surface area (Å²) in [7, 11) is 0. The number of hydrogen-bond acceptors (Lipinski definition) is 4. The predicted octanol–water partition coefficient (Wildman–Crippen LogP) is 2.50. The van der Waals surface area contributed by atoms with Crippen LogP contribution in [0.5, 0.6) is 0 Å². The van der Waals surface area contributed by atoms with E-state index in [0.29, 0.717) is 32.0 Å². The van der Waals surface area contributed by atoms with Gasteiger partial charge in [-0.2, -0.15) is 0 Å². The Morgan fingerprint density at radius 2 is 2.17 bits per heavy atom. The van der Waals surface area contributed by atoms with E-state index in [2.05, 4.69) is 17.2 Å². The molecule has 2 aliphatic rings. The van der Waals surface area contributed by atoms with Gasteiger partial charge in [-0.3, -0.25) is 9.59 Å². The molecule has 1 atom stereocenters. The van der Waals surface area contributed by atoms with Gasteiger partial charge in [0, 0.05) is 24.4 Å². The first-order chi connectivity index (χ1) is 11.2. The number of carbonyl (C=O) groups is 2. The predicted molar refractivity (Wildman–Crippen MR) is 90.0 cm³/mol. The molecule has 0 unspecified atom stereocenters. The molecule has 3 rings (SSSR count). The molecule has 1 aromatic heterocycles. The van der Waals surface area contributed by atoms with Gasteiger partial charge in [0.15, 0.2) is 0 Å². The average molecular weight is 335 g/mol. The summed E-state index contributed by atoms with van der Waals surface area (Å²) in [6.07, 6.45) is 6.71. The largest absolute Gasteiger partial charge is 0.350 e. The van der Waals surface area contributed by atoms with Gasteiger partial charge < -0.3 is 10.2 Å². The quantitative estimate of drug-likeness (QED) is 0.899. The number of aryl methyl sites for hydroxylation is 1. The van der Waals surface area contributed by atoms with E-state index in [-0.39, 0.29) is 17.7 Å². The maximum atomic E-state index is 12.4. The number of hydrogen-bond donors (Lipinski definition) is 1.